The highest BCUT2D eigenvalue weighted by Crippen LogP contribution is 2.42. The van der Waals surface area contributed by atoms with Gasteiger partial charge < -0.3 is 8.83 Å². The third-order valence-corrected chi connectivity index (χ3v) is 11.0. The molecule has 11 aromatic rings. The number of hydrogen-bond acceptors (Lipinski definition) is 6. The number of nitrogens with zero attached hydrogens (tertiary/aromatic N) is 3. The van der Waals surface area contributed by atoms with E-state index in [1.165, 1.54) is 15.5 Å². The summed E-state index contributed by atoms with van der Waals surface area (Å²) in [5.41, 5.74) is 8.19. The van der Waals surface area contributed by atoms with Crippen molar-refractivity contribution in [2.24, 2.45) is 0 Å². The van der Waals surface area contributed by atoms with Gasteiger partial charge in [0, 0.05) is 64.0 Å². The summed E-state index contributed by atoms with van der Waals surface area (Å²) in [6, 6.07) is 52.0. The molecule has 7 aromatic carbocycles. The summed E-state index contributed by atoms with van der Waals surface area (Å²) in [7, 11) is 0. The second-order valence-corrected chi connectivity index (χ2v) is 13.8. The second kappa shape index (κ2) is 10.9. The maximum atomic E-state index is 6.47. The Kier molecular flexibility index (Phi) is 6.05. The predicted molar refractivity (Wildman–Crippen MR) is 209 cm³/mol. The molecule has 0 atom stereocenters. The lowest BCUT2D eigenvalue weighted by Gasteiger charge is -2.10. The van der Waals surface area contributed by atoms with Crippen LogP contribution >= 0.6 is 11.3 Å². The molecule has 0 amide bonds. The van der Waals surface area contributed by atoms with E-state index in [1.54, 1.807) is 11.3 Å². The van der Waals surface area contributed by atoms with Crippen molar-refractivity contribution in [3.63, 3.8) is 0 Å². The summed E-state index contributed by atoms with van der Waals surface area (Å²) >= 11 is 1.77. The fourth-order valence-corrected chi connectivity index (χ4v) is 8.62. The van der Waals surface area contributed by atoms with Crippen LogP contribution < -0.4 is 0 Å². The van der Waals surface area contributed by atoms with Gasteiger partial charge >= 0.3 is 0 Å². The monoisotopic (exact) mass is 671 g/mol. The number of rotatable bonds is 4. The Hall–Kier alpha value is -6.63. The van der Waals surface area contributed by atoms with Gasteiger partial charge in [-0.2, -0.15) is 0 Å². The van der Waals surface area contributed by atoms with Crippen molar-refractivity contribution in [1.29, 1.82) is 0 Å². The average molecular weight is 672 g/mol. The smallest absolute Gasteiger partial charge is 0.165 e. The minimum Gasteiger partial charge on any atom is -0.456 e. The molecular formula is C45H25N3O2S. The van der Waals surface area contributed by atoms with Crippen LogP contribution in [-0.2, 0) is 0 Å². The molecule has 0 spiro atoms. The lowest BCUT2D eigenvalue weighted by atomic mass is 9.99. The highest BCUT2D eigenvalue weighted by Gasteiger charge is 2.21. The summed E-state index contributed by atoms with van der Waals surface area (Å²) in [6.07, 6.45) is 0. The molecule has 4 heterocycles. The fraction of sp³-hybridized carbons (Fsp3) is 0. The molecule has 0 fully saturated rings. The minimum absolute atomic E-state index is 0.593. The van der Waals surface area contributed by atoms with E-state index in [1.807, 2.05) is 66.7 Å². The molecule has 238 valence electrons. The Morgan fingerprint density at radius 3 is 1.94 bits per heavy atom. The molecule has 0 aliphatic rings. The highest BCUT2D eigenvalue weighted by molar-refractivity contribution is 7.26. The quantitative estimate of drug-likeness (QED) is 0.186. The number of para-hydroxylation sites is 2. The zero-order valence-corrected chi connectivity index (χ0v) is 27.8. The molecule has 0 unspecified atom stereocenters. The Bertz CT molecular complexity index is 3160. The summed E-state index contributed by atoms with van der Waals surface area (Å²) < 4.78 is 15.3. The van der Waals surface area contributed by atoms with Crippen LogP contribution in [0.25, 0.3) is 109 Å². The van der Waals surface area contributed by atoms with Crippen LogP contribution in [0.4, 0.5) is 0 Å². The maximum Gasteiger partial charge on any atom is 0.165 e. The zero-order chi connectivity index (χ0) is 33.5. The van der Waals surface area contributed by atoms with Crippen LogP contribution in [0.5, 0.6) is 0 Å². The first-order valence-electron chi connectivity index (χ1n) is 16.9. The van der Waals surface area contributed by atoms with E-state index in [9.17, 15) is 0 Å². The molecular weight excluding hydrogens is 647 g/mol. The van der Waals surface area contributed by atoms with Crippen molar-refractivity contribution in [3.05, 3.63) is 152 Å². The van der Waals surface area contributed by atoms with Gasteiger partial charge in [0.15, 0.2) is 17.5 Å². The number of aromatic nitrogens is 3. The van der Waals surface area contributed by atoms with Crippen molar-refractivity contribution in [2.45, 2.75) is 0 Å². The molecule has 0 aliphatic carbocycles. The number of furan rings is 2. The van der Waals surface area contributed by atoms with Crippen molar-refractivity contribution in [1.82, 2.24) is 15.0 Å². The van der Waals surface area contributed by atoms with Gasteiger partial charge in [0.25, 0.3) is 0 Å². The predicted octanol–water partition coefficient (Wildman–Crippen LogP) is 12.7. The SMILES string of the molecule is c1ccc(-c2nc(-c3cccc4c3sc3ccccc34)nc(-c3cccc4oc5ccc(-c6cccc7c6oc6ccccc67)cc5c34)n2)cc1. The van der Waals surface area contributed by atoms with E-state index in [0.29, 0.717) is 17.5 Å². The van der Waals surface area contributed by atoms with Gasteiger partial charge in [-0.05, 0) is 42.0 Å². The van der Waals surface area contributed by atoms with Crippen LogP contribution in [0, 0.1) is 0 Å². The Morgan fingerprint density at radius 2 is 1.04 bits per heavy atom. The highest BCUT2D eigenvalue weighted by atomic mass is 32.1. The van der Waals surface area contributed by atoms with Crippen molar-refractivity contribution < 1.29 is 8.83 Å². The molecule has 4 aromatic heterocycles. The van der Waals surface area contributed by atoms with Crippen LogP contribution in [0.1, 0.15) is 0 Å². The molecule has 0 saturated heterocycles. The normalized spacial score (nSPS) is 11.9. The lowest BCUT2D eigenvalue weighted by molar-refractivity contribution is 0.668. The molecule has 0 aliphatic heterocycles. The summed E-state index contributed by atoms with van der Waals surface area (Å²) in [5.74, 6) is 1.85. The first-order valence-corrected chi connectivity index (χ1v) is 17.7. The summed E-state index contributed by atoms with van der Waals surface area (Å²) in [6.45, 7) is 0. The van der Waals surface area contributed by atoms with E-state index < -0.39 is 0 Å². The molecule has 0 bridgehead atoms. The maximum absolute atomic E-state index is 6.47. The topological polar surface area (TPSA) is 65.0 Å². The van der Waals surface area contributed by atoms with Gasteiger partial charge in [0.05, 0.1) is 0 Å². The standard InChI is InChI=1S/C45H25N3O2S/c1-2-11-26(12-3-1)43-46-44(48-45(47-43)34-19-9-17-32-30-14-5-7-22-39(30)51-42(32)34)33-18-10-21-38-40(33)35-25-27(23-24-37(35)49-38)28-15-8-16-31-29-13-4-6-20-36(29)50-41(28)31/h1-25H. The molecule has 0 radical (unpaired) electrons. The van der Waals surface area contributed by atoms with Gasteiger partial charge in [0.2, 0.25) is 0 Å². The number of thiophene rings is 1. The zero-order valence-electron chi connectivity index (χ0n) is 27.0. The van der Waals surface area contributed by atoms with Gasteiger partial charge in [-0.25, -0.2) is 15.0 Å². The molecule has 0 N–H and O–H groups in total. The van der Waals surface area contributed by atoms with Crippen LogP contribution in [0.3, 0.4) is 0 Å². The second-order valence-electron chi connectivity index (χ2n) is 12.7. The Morgan fingerprint density at radius 1 is 0.392 bits per heavy atom. The molecule has 0 saturated carbocycles. The van der Waals surface area contributed by atoms with E-state index in [2.05, 4.69) is 84.9 Å². The van der Waals surface area contributed by atoms with Gasteiger partial charge in [-0.15, -0.1) is 11.3 Å². The number of fused-ring (bicyclic) bond motifs is 9. The van der Waals surface area contributed by atoms with Crippen LogP contribution in [0.2, 0.25) is 0 Å². The first-order chi connectivity index (χ1) is 25.3. The lowest BCUT2D eigenvalue weighted by Crippen LogP contribution is -2.00. The van der Waals surface area contributed by atoms with Crippen LogP contribution in [0.15, 0.2) is 160 Å². The molecule has 6 heteroatoms. The number of benzene rings is 7. The van der Waals surface area contributed by atoms with Gasteiger partial charge in [-0.1, -0.05) is 115 Å². The number of hydrogen-bond donors (Lipinski definition) is 0. The largest absolute Gasteiger partial charge is 0.456 e. The van der Waals surface area contributed by atoms with E-state index >= 15 is 0 Å². The fourth-order valence-electron chi connectivity index (χ4n) is 7.41. The molecule has 5 nitrogen and oxygen atoms in total. The van der Waals surface area contributed by atoms with E-state index in [4.69, 9.17) is 23.8 Å². The summed E-state index contributed by atoms with van der Waals surface area (Å²) in [4.78, 5) is 15.5. The van der Waals surface area contributed by atoms with Crippen molar-refractivity contribution >= 4 is 75.4 Å². The van der Waals surface area contributed by atoms with E-state index in [-0.39, 0.29) is 0 Å². The molecule has 11 rings (SSSR count). The first kappa shape index (κ1) is 28.2. The third kappa shape index (κ3) is 4.37. The van der Waals surface area contributed by atoms with Crippen molar-refractivity contribution in [2.75, 3.05) is 0 Å². The average Bonchev–Trinajstić information content (AvgIpc) is 3.89. The minimum atomic E-state index is 0.593. The van der Waals surface area contributed by atoms with Crippen LogP contribution in [-0.4, -0.2) is 15.0 Å². The summed E-state index contributed by atoms with van der Waals surface area (Å²) in [5, 5.41) is 6.59. The Labute approximate surface area is 295 Å². The van der Waals surface area contributed by atoms with Gasteiger partial charge in [-0.3, -0.25) is 0 Å². The van der Waals surface area contributed by atoms with Crippen molar-refractivity contribution in [3.8, 4) is 45.3 Å². The Balaban J connectivity index is 1.15. The van der Waals surface area contributed by atoms with Gasteiger partial charge in [0.1, 0.15) is 22.3 Å². The van der Waals surface area contributed by atoms with E-state index in [0.717, 1.165) is 76.4 Å². The third-order valence-electron chi connectivity index (χ3n) is 9.76. The molecule has 51 heavy (non-hydrogen) atoms.